The van der Waals surface area contributed by atoms with Gasteiger partial charge in [0.25, 0.3) is 0 Å². The summed E-state index contributed by atoms with van der Waals surface area (Å²) >= 11 is 6.30. The summed E-state index contributed by atoms with van der Waals surface area (Å²) in [7, 11) is 0. The van der Waals surface area contributed by atoms with Crippen molar-refractivity contribution >= 4 is 17.4 Å². The molecule has 1 spiro atoms. The van der Waals surface area contributed by atoms with Crippen LogP contribution in [0.1, 0.15) is 37.4 Å². The van der Waals surface area contributed by atoms with Crippen molar-refractivity contribution in [1.29, 1.82) is 5.26 Å². The summed E-state index contributed by atoms with van der Waals surface area (Å²) in [5.74, 6) is 0.661. The second kappa shape index (κ2) is 6.64. The van der Waals surface area contributed by atoms with Crippen molar-refractivity contribution in [2.75, 3.05) is 25.1 Å². The molecule has 1 aliphatic heterocycles. The normalized spacial score (nSPS) is 25.7. The molecule has 3 rings (SSSR count). The molecule has 0 amide bonds. The first kappa shape index (κ1) is 16.5. The number of ether oxygens (including phenoxy) is 2. The molecule has 1 saturated heterocycles. The average Bonchev–Trinajstić information content (AvgIpc) is 2.57. The molecule has 1 aliphatic carbocycles. The smallest absolute Gasteiger partial charge is 0.145 e. The highest BCUT2D eigenvalue weighted by Crippen LogP contribution is 2.52. The van der Waals surface area contributed by atoms with Crippen LogP contribution in [-0.4, -0.2) is 37.0 Å². The van der Waals surface area contributed by atoms with Gasteiger partial charge in [0.15, 0.2) is 0 Å². The number of anilines is 1. The number of nitriles is 1. The maximum Gasteiger partial charge on any atom is 0.145 e. The van der Waals surface area contributed by atoms with E-state index in [-0.39, 0.29) is 17.6 Å². The van der Waals surface area contributed by atoms with E-state index in [0.29, 0.717) is 22.1 Å². The van der Waals surface area contributed by atoms with Crippen molar-refractivity contribution in [2.24, 2.45) is 5.41 Å². The third-order valence-corrected chi connectivity index (χ3v) is 5.46. The van der Waals surface area contributed by atoms with Crippen LogP contribution in [0.25, 0.3) is 0 Å². The topological polar surface area (TPSA) is 67.2 Å². The average molecular weight is 336 g/mol. The number of rotatable bonds is 4. The summed E-state index contributed by atoms with van der Waals surface area (Å²) in [5, 5.41) is 13.1. The SMILES string of the molecule is CCO[C@@H]1C[C@@H](Nc2nc(C)c(C#N)cc2Cl)C12CCOCC2. The third kappa shape index (κ3) is 2.91. The van der Waals surface area contributed by atoms with Crippen molar-refractivity contribution in [2.45, 2.75) is 45.3 Å². The highest BCUT2D eigenvalue weighted by Gasteiger charge is 2.56. The minimum Gasteiger partial charge on any atom is -0.381 e. The van der Waals surface area contributed by atoms with Crippen molar-refractivity contribution in [3.8, 4) is 6.07 Å². The fourth-order valence-corrected chi connectivity index (χ4v) is 3.97. The van der Waals surface area contributed by atoms with E-state index >= 15 is 0 Å². The summed E-state index contributed by atoms with van der Waals surface area (Å²) in [4.78, 5) is 4.48. The molecule has 0 bridgehead atoms. The highest BCUT2D eigenvalue weighted by atomic mass is 35.5. The van der Waals surface area contributed by atoms with Gasteiger partial charge in [-0.2, -0.15) is 5.26 Å². The second-order valence-corrected chi connectivity index (χ2v) is 6.69. The van der Waals surface area contributed by atoms with Crippen LogP contribution in [0, 0.1) is 23.7 Å². The third-order valence-electron chi connectivity index (χ3n) is 5.17. The molecule has 2 aliphatic rings. The first-order chi connectivity index (χ1) is 11.1. The molecule has 0 unspecified atom stereocenters. The van der Waals surface area contributed by atoms with Crippen LogP contribution >= 0.6 is 11.6 Å². The van der Waals surface area contributed by atoms with Gasteiger partial charge in [0.1, 0.15) is 11.9 Å². The van der Waals surface area contributed by atoms with E-state index in [1.165, 1.54) is 0 Å². The van der Waals surface area contributed by atoms with E-state index in [0.717, 1.165) is 39.1 Å². The first-order valence-electron chi connectivity index (χ1n) is 8.14. The molecule has 0 aromatic carbocycles. The van der Waals surface area contributed by atoms with Gasteiger partial charge in [-0.05, 0) is 39.2 Å². The quantitative estimate of drug-likeness (QED) is 0.914. The molecule has 0 radical (unpaired) electrons. The predicted octanol–water partition coefficient (Wildman–Crippen LogP) is 3.30. The zero-order valence-electron chi connectivity index (χ0n) is 13.6. The zero-order chi connectivity index (χ0) is 16.4. The van der Waals surface area contributed by atoms with Crippen LogP contribution in [0.4, 0.5) is 5.82 Å². The Morgan fingerprint density at radius 3 is 2.91 bits per heavy atom. The number of hydrogen-bond acceptors (Lipinski definition) is 5. The lowest BCUT2D eigenvalue weighted by Crippen LogP contribution is -2.63. The largest absolute Gasteiger partial charge is 0.381 e. The van der Waals surface area contributed by atoms with Gasteiger partial charge in [-0.1, -0.05) is 11.6 Å². The fourth-order valence-electron chi connectivity index (χ4n) is 3.77. The van der Waals surface area contributed by atoms with Crippen LogP contribution in [0.5, 0.6) is 0 Å². The standard InChI is InChI=1S/C17H22ClN3O2/c1-3-23-15-9-14(17(15)4-6-22-7-5-17)21-16-13(18)8-12(10-19)11(2)20-16/h8,14-15H,3-7,9H2,1-2H3,(H,20,21)/t14-,15-/m1/s1. The lowest BCUT2D eigenvalue weighted by Gasteiger charge is -2.57. The molecule has 1 aromatic rings. The number of aryl methyl sites for hydroxylation is 1. The number of hydrogen-bond donors (Lipinski definition) is 1. The van der Waals surface area contributed by atoms with Crippen molar-refractivity contribution < 1.29 is 9.47 Å². The number of halogens is 1. The van der Waals surface area contributed by atoms with Crippen LogP contribution in [0.15, 0.2) is 6.07 Å². The van der Waals surface area contributed by atoms with Crippen LogP contribution < -0.4 is 5.32 Å². The Balaban J connectivity index is 1.80. The van der Waals surface area contributed by atoms with Crippen LogP contribution in [0.2, 0.25) is 5.02 Å². The lowest BCUT2D eigenvalue weighted by atomic mass is 9.57. The van der Waals surface area contributed by atoms with Crippen LogP contribution in [0.3, 0.4) is 0 Å². The molecule has 2 atom stereocenters. The minimum absolute atomic E-state index is 0.0983. The van der Waals surface area contributed by atoms with Crippen LogP contribution in [-0.2, 0) is 9.47 Å². The van der Waals surface area contributed by atoms with E-state index in [1.807, 2.05) is 13.8 Å². The van der Waals surface area contributed by atoms with E-state index in [1.54, 1.807) is 6.07 Å². The maximum atomic E-state index is 9.07. The number of aromatic nitrogens is 1. The summed E-state index contributed by atoms with van der Waals surface area (Å²) in [6.45, 7) is 6.14. The summed E-state index contributed by atoms with van der Waals surface area (Å²) in [6.07, 6.45) is 3.20. The van der Waals surface area contributed by atoms with Gasteiger partial charge in [-0.25, -0.2) is 4.98 Å². The van der Waals surface area contributed by atoms with Gasteiger partial charge in [0, 0.05) is 31.3 Å². The summed E-state index contributed by atoms with van der Waals surface area (Å²) in [6, 6.07) is 4.07. The molecule has 1 aromatic heterocycles. The van der Waals surface area contributed by atoms with E-state index in [2.05, 4.69) is 16.4 Å². The molecule has 23 heavy (non-hydrogen) atoms. The van der Waals surface area contributed by atoms with Gasteiger partial charge in [-0.15, -0.1) is 0 Å². The van der Waals surface area contributed by atoms with E-state index in [9.17, 15) is 0 Å². The molecule has 1 N–H and O–H groups in total. The Kier molecular flexibility index (Phi) is 4.77. The molecule has 2 heterocycles. The Labute approximate surface area is 141 Å². The molecule has 5 nitrogen and oxygen atoms in total. The number of nitrogens with zero attached hydrogens (tertiary/aromatic N) is 2. The van der Waals surface area contributed by atoms with Crippen molar-refractivity contribution in [3.05, 3.63) is 22.3 Å². The first-order valence-corrected chi connectivity index (χ1v) is 8.51. The summed E-state index contributed by atoms with van der Waals surface area (Å²) < 4.78 is 11.5. The molecule has 1 saturated carbocycles. The zero-order valence-corrected chi connectivity index (χ0v) is 14.3. The molecular formula is C17H22ClN3O2. The Morgan fingerprint density at radius 1 is 1.52 bits per heavy atom. The number of nitrogens with one attached hydrogen (secondary N) is 1. The Morgan fingerprint density at radius 2 is 2.26 bits per heavy atom. The molecule has 2 fully saturated rings. The Hall–Kier alpha value is -1.35. The summed E-state index contributed by atoms with van der Waals surface area (Å²) in [5.41, 5.74) is 1.31. The maximum absolute atomic E-state index is 9.07. The molecular weight excluding hydrogens is 314 g/mol. The minimum atomic E-state index is 0.0983. The van der Waals surface area contributed by atoms with Gasteiger partial charge in [0.05, 0.1) is 22.4 Å². The van der Waals surface area contributed by atoms with E-state index < -0.39 is 0 Å². The van der Waals surface area contributed by atoms with Gasteiger partial charge in [-0.3, -0.25) is 0 Å². The monoisotopic (exact) mass is 335 g/mol. The second-order valence-electron chi connectivity index (χ2n) is 6.29. The van der Waals surface area contributed by atoms with Crippen molar-refractivity contribution in [3.63, 3.8) is 0 Å². The number of pyridine rings is 1. The van der Waals surface area contributed by atoms with E-state index in [4.69, 9.17) is 26.3 Å². The lowest BCUT2D eigenvalue weighted by molar-refractivity contribution is -0.159. The van der Waals surface area contributed by atoms with Gasteiger partial charge < -0.3 is 14.8 Å². The Bertz CT molecular complexity index is 623. The van der Waals surface area contributed by atoms with Gasteiger partial charge >= 0.3 is 0 Å². The molecule has 6 heteroatoms. The fraction of sp³-hybridized carbons (Fsp3) is 0.647. The van der Waals surface area contributed by atoms with Gasteiger partial charge in [0.2, 0.25) is 0 Å². The predicted molar refractivity (Wildman–Crippen MR) is 88.6 cm³/mol. The highest BCUT2D eigenvalue weighted by molar-refractivity contribution is 6.33. The van der Waals surface area contributed by atoms with Crippen molar-refractivity contribution in [1.82, 2.24) is 4.98 Å². The molecule has 124 valence electrons.